The highest BCUT2D eigenvalue weighted by molar-refractivity contribution is 6.31. The van der Waals surface area contributed by atoms with Crippen molar-refractivity contribution in [3.05, 3.63) is 40.9 Å². The summed E-state index contributed by atoms with van der Waals surface area (Å²) in [5, 5.41) is 17.4. The van der Waals surface area contributed by atoms with Crippen LogP contribution in [0.5, 0.6) is 0 Å². The molecule has 5 nitrogen and oxygen atoms in total. The number of aromatic nitrogens is 3. The summed E-state index contributed by atoms with van der Waals surface area (Å²) in [6.45, 7) is 2.03. The second-order valence-electron chi connectivity index (χ2n) is 3.83. The van der Waals surface area contributed by atoms with Gasteiger partial charge in [-0.3, -0.25) is 4.57 Å². The molecule has 1 aromatic heterocycles. The minimum Gasteiger partial charge on any atom is -0.478 e. The first-order chi connectivity index (χ1) is 8.63. The number of carbonyl (C=O) groups is 1. The molecule has 0 spiro atoms. The van der Waals surface area contributed by atoms with Gasteiger partial charge >= 0.3 is 5.97 Å². The summed E-state index contributed by atoms with van der Waals surface area (Å²) in [6, 6.07) is 4.74. The number of hydrogen-bond donors (Lipinski definition) is 1. The van der Waals surface area contributed by atoms with Crippen molar-refractivity contribution in [2.75, 3.05) is 0 Å². The van der Waals surface area contributed by atoms with Crippen LogP contribution in [0.1, 0.15) is 29.5 Å². The Bertz CT molecular complexity index is 580. The van der Waals surface area contributed by atoms with Gasteiger partial charge in [0.15, 0.2) is 0 Å². The summed E-state index contributed by atoms with van der Waals surface area (Å²) in [4.78, 5) is 11.2. The molecular formula is C12H12ClN3O2. The molecule has 0 radical (unpaired) electrons. The smallest absolute Gasteiger partial charge is 0.337 e. The Morgan fingerprint density at radius 2 is 2.28 bits per heavy atom. The summed E-state index contributed by atoms with van der Waals surface area (Å²) in [7, 11) is 0. The molecule has 2 rings (SSSR count). The molecule has 1 N–H and O–H groups in total. The average Bonchev–Trinajstić information content (AvgIpc) is 2.77. The maximum Gasteiger partial charge on any atom is 0.337 e. The normalized spacial score (nSPS) is 10.6. The van der Waals surface area contributed by atoms with Crippen molar-refractivity contribution < 1.29 is 9.90 Å². The molecule has 0 unspecified atom stereocenters. The first-order valence-corrected chi connectivity index (χ1v) is 5.93. The number of rotatable bonds is 4. The van der Waals surface area contributed by atoms with Crippen LogP contribution in [0, 0.1) is 0 Å². The van der Waals surface area contributed by atoms with Gasteiger partial charge in [-0.15, -0.1) is 10.2 Å². The highest BCUT2D eigenvalue weighted by Gasteiger charge is 2.15. The van der Waals surface area contributed by atoms with E-state index in [1.54, 1.807) is 16.7 Å². The quantitative estimate of drug-likeness (QED) is 0.922. The van der Waals surface area contributed by atoms with Crippen LogP contribution in [0.25, 0.3) is 5.69 Å². The minimum absolute atomic E-state index is 0.139. The molecule has 0 bridgehead atoms. The predicted molar refractivity (Wildman–Crippen MR) is 67.3 cm³/mol. The number of benzene rings is 1. The Morgan fingerprint density at radius 1 is 1.50 bits per heavy atom. The standard InChI is InChI=1S/C12H12ClN3O2/c1-2-3-11-15-14-7-16(11)10-5-4-8(13)6-9(10)12(17)18/h4-7H,2-3H2,1H3,(H,17,18). The van der Waals surface area contributed by atoms with E-state index < -0.39 is 5.97 Å². The molecular weight excluding hydrogens is 254 g/mol. The van der Waals surface area contributed by atoms with Crippen LogP contribution in [-0.4, -0.2) is 25.8 Å². The van der Waals surface area contributed by atoms with E-state index in [4.69, 9.17) is 11.6 Å². The van der Waals surface area contributed by atoms with Crippen LogP contribution in [0.15, 0.2) is 24.5 Å². The highest BCUT2D eigenvalue weighted by Crippen LogP contribution is 2.21. The van der Waals surface area contributed by atoms with Crippen LogP contribution in [0.4, 0.5) is 0 Å². The van der Waals surface area contributed by atoms with Crippen LogP contribution < -0.4 is 0 Å². The molecule has 0 fully saturated rings. The third kappa shape index (κ3) is 2.36. The summed E-state index contributed by atoms with van der Waals surface area (Å²) in [6.07, 6.45) is 3.16. The van der Waals surface area contributed by atoms with E-state index in [1.807, 2.05) is 6.92 Å². The maximum absolute atomic E-state index is 11.2. The van der Waals surface area contributed by atoms with Gasteiger partial charge in [-0.05, 0) is 24.6 Å². The molecule has 0 aliphatic carbocycles. The van der Waals surface area contributed by atoms with Crippen LogP contribution in [0.3, 0.4) is 0 Å². The van der Waals surface area contributed by atoms with E-state index in [2.05, 4.69) is 10.2 Å². The SMILES string of the molecule is CCCc1nncn1-c1ccc(Cl)cc1C(=O)O. The van der Waals surface area contributed by atoms with Gasteiger partial charge < -0.3 is 5.11 Å². The molecule has 0 saturated carbocycles. The lowest BCUT2D eigenvalue weighted by atomic mass is 10.1. The fourth-order valence-electron chi connectivity index (χ4n) is 1.74. The van der Waals surface area contributed by atoms with Gasteiger partial charge in [0.2, 0.25) is 0 Å². The number of carboxylic acids is 1. The largest absolute Gasteiger partial charge is 0.478 e. The fourth-order valence-corrected chi connectivity index (χ4v) is 1.92. The van der Waals surface area contributed by atoms with Crippen molar-refractivity contribution in [1.82, 2.24) is 14.8 Å². The second-order valence-corrected chi connectivity index (χ2v) is 4.27. The van der Waals surface area contributed by atoms with Gasteiger partial charge in [0, 0.05) is 11.4 Å². The van der Waals surface area contributed by atoms with E-state index in [0.29, 0.717) is 10.7 Å². The summed E-state index contributed by atoms with van der Waals surface area (Å²) < 4.78 is 1.68. The minimum atomic E-state index is -1.02. The molecule has 94 valence electrons. The van der Waals surface area contributed by atoms with Crippen molar-refractivity contribution in [1.29, 1.82) is 0 Å². The van der Waals surface area contributed by atoms with Crippen molar-refractivity contribution >= 4 is 17.6 Å². The van der Waals surface area contributed by atoms with Gasteiger partial charge in [-0.1, -0.05) is 18.5 Å². The number of hydrogen-bond acceptors (Lipinski definition) is 3. The van der Waals surface area contributed by atoms with Crippen LogP contribution in [0.2, 0.25) is 5.02 Å². The molecule has 0 amide bonds. The van der Waals surface area contributed by atoms with E-state index in [9.17, 15) is 9.90 Å². The summed E-state index contributed by atoms with van der Waals surface area (Å²) in [5.41, 5.74) is 0.667. The Balaban J connectivity index is 2.56. The molecule has 0 aliphatic heterocycles. The molecule has 0 atom stereocenters. The van der Waals surface area contributed by atoms with Gasteiger partial charge in [0.1, 0.15) is 12.2 Å². The van der Waals surface area contributed by atoms with E-state index in [0.717, 1.165) is 18.7 Å². The molecule has 2 aromatic rings. The second kappa shape index (κ2) is 5.18. The highest BCUT2D eigenvalue weighted by atomic mass is 35.5. The summed E-state index contributed by atoms with van der Waals surface area (Å²) >= 11 is 5.82. The lowest BCUT2D eigenvalue weighted by Gasteiger charge is -2.09. The van der Waals surface area contributed by atoms with Crippen molar-refractivity contribution in [3.63, 3.8) is 0 Å². The maximum atomic E-state index is 11.2. The number of nitrogens with zero attached hydrogens (tertiary/aromatic N) is 3. The predicted octanol–water partition coefficient (Wildman–Crippen LogP) is 2.57. The van der Waals surface area contributed by atoms with Crippen molar-refractivity contribution in [2.24, 2.45) is 0 Å². The zero-order chi connectivity index (χ0) is 13.1. The third-order valence-corrected chi connectivity index (χ3v) is 2.78. The average molecular weight is 266 g/mol. The molecule has 0 saturated heterocycles. The topological polar surface area (TPSA) is 68.0 Å². The number of carboxylic acid groups (broad SMARTS) is 1. The molecule has 6 heteroatoms. The van der Waals surface area contributed by atoms with Gasteiger partial charge in [0.25, 0.3) is 0 Å². The number of aryl methyl sites for hydroxylation is 1. The van der Waals surface area contributed by atoms with Gasteiger partial charge in [-0.2, -0.15) is 0 Å². The van der Waals surface area contributed by atoms with E-state index >= 15 is 0 Å². The van der Waals surface area contributed by atoms with Crippen LogP contribution >= 0.6 is 11.6 Å². The molecule has 1 heterocycles. The zero-order valence-electron chi connectivity index (χ0n) is 9.80. The number of halogens is 1. The van der Waals surface area contributed by atoms with E-state index in [-0.39, 0.29) is 5.56 Å². The lowest BCUT2D eigenvalue weighted by molar-refractivity contribution is 0.0697. The van der Waals surface area contributed by atoms with Crippen molar-refractivity contribution in [3.8, 4) is 5.69 Å². The first-order valence-electron chi connectivity index (χ1n) is 5.55. The lowest BCUT2D eigenvalue weighted by Crippen LogP contribution is -2.07. The molecule has 0 aliphatic rings. The summed E-state index contributed by atoms with van der Waals surface area (Å²) in [5.74, 6) is -0.286. The zero-order valence-corrected chi connectivity index (χ0v) is 10.6. The Hall–Kier alpha value is -1.88. The van der Waals surface area contributed by atoms with Crippen LogP contribution in [-0.2, 0) is 6.42 Å². The molecule has 1 aromatic carbocycles. The Labute approximate surface area is 109 Å². The molecule has 18 heavy (non-hydrogen) atoms. The van der Waals surface area contributed by atoms with Gasteiger partial charge in [-0.25, -0.2) is 4.79 Å². The fraction of sp³-hybridized carbons (Fsp3) is 0.250. The Kier molecular flexibility index (Phi) is 3.62. The first kappa shape index (κ1) is 12.6. The Morgan fingerprint density at radius 3 is 2.94 bits per heavy atom. The van der Waals surface area contributed by atoms with E-state index in [1.165, 1.54) is 12.4 Å². The van der Waals surface area contributed by atoms with Crippen molar-refractivity contribution in [2.45, 2.75) is 19.8 Å². The van der Waals surface area contributed by atoms with Gasteiger partial charge in [0.05, 0.1) is 11.3 Å². The third-order valence-electron chi connectivity index (χ3n) is 2.54. The number of aromatic carboxylic acids is 1. The monoisotopic (exact) mass is 265 g/mol.